The van der Waals surface area contributed by atoms with Gasteiger partial charge in [-0.1, -0.05) is 12.2 Å². The largest absolute Gasteiger partial charge is 0.465 e. The van der Waals surface area contributed by atoms with Crippen LogP contribution in [0.15, 0.2) is 12.2 Å². The van der Waals surface area contributed by atoms with Gasteiger partial charge in [-0.25, -0.2) is 9.59 Å². The van der Waals surface area contributed by atoms with Crippen LogP contribution in [0, 0.1) is 12.8 Å². The van der Waals surface area contributed by atoms with Gasteiger partial charge in [0.25, 0.3) is 5.91 Å². The topological polar surface area (TPSA) is 108 Å². The van der Waals surface area contributed by atoms with E-state index >= 15 is 0 Å². The summed E-state index contributed by atoms with van der Waals surface area (Å²) in [5.74, 6) is -2.26. The number of esters is 3. The molecule has 2 rings (SSSR count). The first kappa shape index (κ1) is 20.6. The van der Waals surface area contributed by atoms with E-state index in [9.17, 15) is 19.2 Å². The Bertz CT molecular complexity index is 781. The van der Waals surface area contributed by atoms with Crippen molar-refractivity contribution < 1.29 is 33.4 Å². The van der Waals surface area contributed by atoms with Crippen LogP contribution >= 0.6 is 11.3 Å². The predicted octanol–water partition coefficient (Wildman–Crippen LogP) is 2.47. The first-order valence-corrected chi connectivity index (χ1v) is 9.11. The molecule has 1 aliphatic rings. The van der Waals surface area contributed by atoms with Crippen molar-refractivity contribution in [3.63, 3.8) is 0 Å². The van der Waals surface area contributed by atoms with Gasteiger partial charge in [0.2, 0.25) is 0 Å². The number of anilines is 1. The lowest BCUT2D eigenvalue weighted by molar-refractivity contribution is -0.147. The Morgan fingerprint density at radius 3 is 2.48 bits per heavy atom. The molecule has 0 aromatic carbocycles. The van der Waals surface area contributed by atoms with E-state index in [-0.39, 0.29) is 27.8 Å². The molecule has 1 aliphatic carbocycles. The maximum absolute atomic E-state index is 12.1. The molecule has 0 saturated carbocycles. The molecule has 8 nitrogen and oxygen atoms in total. The van der Waals surface area contributed by atoms with E-state index in [0.717, 1.165) is 24.2 Å². The molecule has 0 unspecified atom stereocenters. The second-order valence-electron chi connectivity index (χ2n) is 5.92. The Kier molecular flexibility index (Phi) is 7.12. The Morgan fingerprint density at radius 2 is 1.89 bits per heavy atom. The molecule has 27 heavy (non-hydrogen) atoms. The Balaban J connectivity index is 2.03. The fourth-order valence-corrected chi connectivity index (χ4v) is 3.81. The van der Waals surface area contributed by atoms with E-state index in [2.05, 4.69) is 10.1 Å². The van der Waals surface area contributed by atoms with Crippen molar-refractivity contribution >= 4 is 40.2 Å². The molecule has 1 N–H and O–H groups in total. The van der Waals surface area contributed by atoms with Gasteiger partial charge in [-0.3, -0.25) is 9.59 Å². The van der Waals surface area contributed by atoms with Crippen LogP contribution in [0.1, 0.15) is 44.9 Å². The van der Waals surface area contributed by atoms with Crippen LogP contribution in [0.4, 0.5) is 5.00 Å². The number of thiophene rings is 1. The van der Waals surface area contributed by atoms with Crippen molar-refractivity contribution in [2.45, 2.75) is 26.2 Å². The van der Waals surface area contributed by atoms with Gasteiger partial charge in [0.1, 0.15) is 9.88 Å². The van der Waals surface area contributed by atoms with Crippen molar-refractivity contribution in [3.8, 4) is 0 Å². The van der Waals surface area contributed by atoms with E-state index in [4.69, 9.17) is 9.47 Å². The monoisotopic (exact) mass is 395 g/mol. The molecule has 0 fully saturated rings. The first-order valence-electron chi connectivity index (χ1n) is 8.29. The molecule has 0 saturated heterocycles. The predicted molar refractivity (Wildman–Crippen MR) is 97.8 cm³/mol. The van der Waals surface area contributed by atoms with E-state index in [1.54, 1.807) is 6.92 Å². The van der Waals surface area contributed by atoms with Crippen LogP contribution in [-0.4, -0.2) is 44.6 Å². The van der Waals surface area contributed by atoms with Gasteiger partial charge in [-0.2, -0.15) is 0 Å². The number of ether oxygens (including phenoxy) is 3. The molecule has 1 atom stereocenters. The zero-order chi connectivity index (χ0) is 20.0. The summed E-state index contributed by atoms with van der Waals surface area (Å²) in [5, 5.41) is 2.63. The van der Waals surface area contributed by atoms with Crippen LogP contribution < -0.4 is 5.32 Å². The minimum atomic E-state index is -0.695. The minimum absolute atomic E-state index is 0.0682. The number of carbonyl (C=O) groups excluding carboxylic acids is 4. The van der Waals surface area contributed by atoms with Crippen molar-refractivity contribution in [1.29, 1.82) is 0 Å². The Morgan fingerprint density at radius 1 is 1.19 bits per heavy atom. The summed E-state index contributed by atoms with van der Waals surface area (Å²) in [6, 6.07) is 0. The molecule has 9 heteroatoms. The first-order chi connectivity index (χ1) is 12.9. The lowest BCUT2D eigenvalue weighted by Gasteiger charge is -2.09. The third kappa shape index (κ3) is 5.16. The van der Waals surface area contributed by atoms with Gasteiger partial charge in [0, 0.05) is 0 Å². The molecule has 0 radical (unpaired) electrons. The normalized spacial score (nSPS) is 15.3. The van der Waals surface area contributed by atoms with Crippen molar-refractivity contribution in [3.05, 3.63) is 28.2 Å². The average Bonchev–Trinajstić information content (AvgIpc) is 3.26. The van der Waals surface area contributed by atoms with E-state index in [1.165, 1.54) is 14.2 Å². The SMILES string of the molecule is COC(=O)c1sc(NC(=O)COC(=O)C[C@@H]2C=CCC2)c(C(=O)OC)c1C. The van der Waals surface area contributed by atoms with Crippen LogP contribution in [0.25, 0.3) is 0 Å². The molecular formula is C18H21NO7S. The summed E-state index contributed by atoms with van der Waals surface area (Å²) in [6.45, 7) is 1.07. The Labute approximate surface area is 160 Å². The zero-order valence-electron chi connectivity index (χ0n) is 15.3. The maximum atomic E-state index is 12.1. The molecule has 0 spiro atoms. The van der Waals surface area contributed by atoms with Crippen molar-refractivity contribution in [2.24, 2.45) is 5.92 Å². The van der Waals surface area contributed by atoms with Gasteiger partial charge in [-0.15, -0.1) is 11.3 Å². The number of methoxy groups -OCH3 is 2. The highest BCUT2D eigenvalue weighted by Gasteiger charge is 2.27. The summed E-state index contributed by atoms with van der Waals surface area (Å²) >= 11 is 0.894. The van der Waals surface area contributed by atoms with E-state index in [1.807, 2.05) is 12.2 Å². The van der Waals surface area contributed by atoms with E-state index in [0.29, 0.717) is 5.56 Å². The molecule has 1 amide bonds. The lowest BCUT2D eigenvalue weighted by atomic mass is 10.1. The fraction of sp³-hybridized carbons (Fsp3) is 0.444. The van der Waals surface area contributed by atoms with Crippen LogP contribution in [0.2, 0.25) is 0 Å². The van der Waals surface area contributed by atoms with Gasteiger partial charge >= 0.3 is 17.9 Å². The highest BCUT2D eigenvalue weighted by Crippen LogP contribution is 2.34. The minimum Gasteiger partial charge on any atom is -0.465 e. The number of carbonyl (C=O) groups is 4. The third-order valence-corrected chi connectivity index (χ3v) is 5.25. The number of rotatable bonds is 7. The third-order valence-electron chi connectivity index (χ3n) is 4.07. The van der Waals surface area contributed by atoms with E-state index < -0.39 is 30.4 Å². The summed E-state index contributed by atoms with van der Waals surface area (Å²) in [4.78, 5) is 47.9. The number of allylic oxidation sites excluding steroid dienone is 2. The number of amides is 1. The second kappa shape index (κ2) is 9.31. The molecule has 1 aromatic rings. The number of hydrogen-bond donors (Lipinski definition) is 1. The molecule has 0 bridgehead atoms. The quantitative estimate of drug-likeness (QED) is 0.429. The highest BCUT2D eigenvalue weighted by atomic mass is 32.1. The molecular weight excluding hydrogens is 374 g/mol. The fourth-order valence-electron chi connectivity index (χ4n) is 2.68. The van der Waals surface area contributed by atoms with Gasteiger partial charge < -0.3 is 19.5 Å². The molecule has 0 aliphatic heterocycles. The zero-order valence-corrected chi connectivity index (χ0v) is 16.1. The highest BCUT2D eigenvalue weighted by molar-refractivity contribution is 7.18. The summed E-state index contributed by atoms with van der Waals surface area (Å²) in [6.07, 6.45) is 6.04. The standard InChI is InChI=1S/C18H21NO7S/c1-10-14(17(22)24-2)16(27-15(10)18(23)25-3)19-12(20)9-26-13(21)8-11-6-4-5-7-11/h4,6,11H,5,7-9H2,1-3H3,(H,19,20)/t11-/m1/s1. The smallest absolute Gasteiger partial charge is 0.348 e. The Hall–Kier alpha value is -2.68. The van der Waals surface area contributed by atoms with Gasteiger partial charge in [0.15, 0.2) is 6.61 Å². The summed E-state index contributed by atoms with van der Waals surface area (Å²) in [5.41, 5.74) is 0.415. The molecule has 146 valence electrons. The van der Waals surface area contributed by atoms with Crippen LogP contribution in [-0.2, 0) is 23.8 Å². The lowest BCUT2D eigenvalue weighted by Crippen LogP contribution is -2.22. The summed E-state index contributed by atoms with van der Waals surface area (Å²) in [7, 11) is 2.42. The van der Waals surface area contributed by atoms with Gasteiger partial charge in [-0.05, 0) is 31.2 Å². The van der Waals surface area contributed by atoms with Crippen LogP contribution in [0.3, 0.4) is 0 Å². The number of hydrogen-bond acceptors (Lipinski definition) is 8. The van der Waals surface area contributed by atoms with Gasteiger partial charge in [0.05, 0.1) is 26.2 Å². The molecule has 1 heterocycles. The van der Waals surface area contributed by atoms with Crippen molar-refractivity contribution in [1.82, 2.24) is 0 Å². The van der Waals surface area contributed by atoms with Crippen molar-refractivity contribution in [2.75, 3.05) is 26.1 Å². The average molecular weight is 395 g/mol. The maximum Gasteiger partial charge on any atom is 0.348 e. The van der Waals surface area contributed by atoms with Crippen LogP contribution in [0.5, 0.6) is 0 Å². The molecule has 1 aromatic heterocycles. The number of nitrogens with one attached hydrogen (secondary N) is 1. The summed E-state index contributed by atoms with van der Waals surface area (Å²) < 4.78 is 14.4. The second-order valence-corrected chi connectivity index (χ2v) is 6.94.